The minimum atomic E-state index is -4.56. The molecule has 0 aromatic heterocycles. The predicted molar refractivity (Wildman–Crippen MR) is 102 cm³/mol. The maximum atomic E-state index is 12.8. The largest absolute Gasteiger partial charge is 0.494 e. The molecule has 1 amide bonds. The Labute approximate surface area is 167 Å². The lowest BCUT2D eigenvalue weighted by molar-refractivity contribution is -0.137. The zero-order chi connectivity index (χ0) is 21.8. The van der Waals surface area contributed by atoms with Gasteiger partial charge in [-0.25, -0.2) is 8.42 Å². The molecular weight excluding hydrogens is 409 g/mol. The molecule has 0 aliphatic rings. The minimum Gasteiger partial charge on any atom is -0.494 e. The summed E-state index contributed by atoms with van der Waals surface area (Å²) in [7, 11) is -4.03. The number of hydrogen-bond acceptors (Lipinski definition) is 4. The lowest BCUT2D eigenvalue weighted by Crippen LogP contribution is -2.41. The van der Waals surface area contributed by atoms with E-state index in [1.165, 1.54) is 31.2 Å². The van der Waals surface area contributed by atoms with E-state index in [0.29, 0.717) is 17.9 Å². The van der Waals surface area contributed by atoms with E-state index in [2.05, 4.69) is 10.0 Å². The number of halogens is 3. The third-order valence-corrected chi connectivity index (χ3v) is 5.48. The van der Waals surface area contributed by atoms with E-state index in [4.69, 9.17) is 4.74 Å². The van der Waals surface area contributed by atoms with Crippen LogP contribution in [0.2, 0.25) is 0 Å². The van der Waals surface area contributed by atoms with E-state index in [1.54, 1.807) is 13.8 Å². The third kappa shape index (κ3) is 5.94. The van der Waals surface area contributed by atoms with Gasteiger partial charge in [0, 0.05) is 5.69 Å². The third-order valence-electron chi connectivity index (χ3n) is 3.94. The van der Waals surface area contributed by atoms with Crippen molar-refractivity contribution >= 4 is 21.6 Å². The Morgan fingerprint density at radius 2 is 1.86 bits per heavy atom. The monoisotopic (exact) mass is 430 g/mol. The zero-order valence-corrected chi connectivity index (χ0v) is 16.8. The van der Waals surface area contributed by atoms with Crippen LogP contribution in [-0.2, 0) is 21.0 Å². The summed E-state index contributed by atoms with van der Waals surface area (Å²) in [4.78, 5) is 12.2. The first-order valence-electron chi connectivity index (χ1n) is 8.68. The Balaban J connectivity index is 2.11. The van der Waals surface area contributed by atoms with Crippen LogP contribution in [0.15, 0.2) is 47.4 Å². The van der Waals surface area contributed by atoms with Gasteiger partial charge < -0.3 is 10.1 Å². The second kappa shape index (κ2) is 8.83. The summed E-state index contributed by atoms with van der Waals surface area (Å²) < 4.78 is 70.9. The van der Waals surface area contributed by atoms with Gasteiger partial charge in [0.1, 0.15) is 5.75 Å². The van der Waals surface area contributed by atoms with Gasteiger partial charge in [-0.05, 0) is 62.7 Å². The summed E-state index contributed by atoms with van der Waals surface area (Å²) in [5.74, 6) is -0.252. The van der Waals surface area contributed by atoms with Crippen molar-refractivity contribution in [3.63, 3.8) is 0 Å². The molecule has 1 atom stereocenters. The number of alkyl halides is 3. The van der Waals surface area contributed by atoms with E-state index < -0.39 is 33.7 Å². The highest BCUT2D eigenvalue weighted by molar-refractivity contribution is 7.89. The molecule has 0 bridgehead atoms. The Morgan fingerprint density at radius 3 is 2.45 bits per heavy atom. The SMILES string of the molecule is CCOc1ccc(S(=O)(=O)N[C@@H](C)C(=O)Nc2cccc(C(F)(F)F)c2)cc1C. The Kier molecular flexibility index (Phi) is 6.91. The quantitative estimate of drug-likeness (QED) is 0.701. The standard InChI is InChI=1S/C19H21F3N2O4S/c1-4-28-17-9-8-16(10-12(17)2)29(26,27)24-13(3)18(25)23-15-7-5-6-14(11-15)19(20,21)22/h5-11,13,24H,4H2,1-3H3,(H,23,25)/t13-/m0/s1. The molecule has 2 N–H and O–H groups in total. The summed E-state index contributed by atoms with van der Waals surface area (Å²) in [6, 6.07) is 7.12. The molecule has 6 nitrogen and oxygen atoms in total. The van der Waals surface area contributed by atoms with Crippen molar-refractivity contribution in [3.8, 4) is 5.75 Å². The number of amides is 1. The first-order valence-corrected chi connectivity index (χ1v) is 10.2. The van der Waals surface area contributed by atoms with Crippen LogP contribution < -0.4 is 14.8 Å². The molecule has 0 fully saturated rings. The van der Waals surface area contributed by atoms with Gasteiger partial charge in [0.25, 0.3) is 0 Å². The van der Waals surface area contributed by atoms with Gasteiger partial charge in [-0.1, -0.05) is 6.07 Å². The Morgan fingerprint density at radius 1 is 1.17 bits per heavy atom. The molecule has 0 spiro atoms. The molecule has 10 heteroatoms. The topological polar surface area (TPSA) is 84.5 Å². The first kappa shape index (κ1) is 22.7. The molecule has 0 unspecified atom stereocenters. The number of benzene rings is 2. The van der Waals surface area contributed by atoms with Gasteiger partial charge in [0.2, 0.25) is 15.9 Å². The van der Waals surface area contributed by atoms with E-state index in [9.17, 15) is 26.4 Å². The van der Waals surface area contributed by atoms with Crippen molar-refractivity contribution in [2.24, 2.45) is 0 Å². The highest BCUT2D eigenvalue weighted by Crippen LogP contribution is 2.30. The van der Waals surface area contributed by atoms with Crippen LogP contribution in [0, 0.1) is 6.92 Å². The second-order valence-electron chi connectivity index (χ2n) is 6.27. The Hall–Kier alpha value is -2.59. The molecule has 2 rings (SSSR count). The lowest BCUT2D eigenvalue weighted by Gasteiger charge is -2.16. The summed E-state index contributed by atoms with van der Waals surface area (Å²) in [6.07, 6.45) is -4.56. The van der Waals surface area contributed by atoms with Gasteiger partial charge in [-0.3, -0.25) is 4.79 Å². The van der Waals surface area contributed by atoms with Crippen molar-refractivity contribution in [3.05, 3.63) is 53.6 Å². The van der Waals surface area contributed by atoms with Crippen molar-refractivity contribution < 1.29 is 31.1 Å². The number of ether oxygens (including phenoxy) is 1. The summed E-state index contributed by atoms with van der Waals surface area (Å²) in [5, 5.41) is 2.28. The lowest BCUT2D eigenvalue weighted by atomic mass is 10.2. The minimum absolute atomic E-state index is 0.0582. The molecule has 29 heavy (non-hydrogen) atoms. The van der Waals surface area contributed by atoms with Crippen molar-refractivity contribution in [2.45, 2.75) is 37.9 Å². The summed E-state index contributed by atoms with van der Waals surface area (Å²) in [6.45, 7) is 5.21. The smallest absolute Gasteiger partial charge is 0.416 e. The second-order valence-corrected chi connectivity index (χ2v) is 7.99. The van der Waals surface area contributed by atoms with Crippen molar-refractivity contribution in [1.82, 2.24) is 4.72 Å². The van der Waals surface area contributed by atoms with Crippen molar-refractivity contribution in [1.29, 1.82) is 0 Å². The zero-order valence-electron chi connectivity index (χ0n) is 16.0. The van der Waals surface area contributed by atoms with Crippen LogP contribution in [-0.4, -0.2) is 27.0 Å². The average Bonchev–Trinajstić information content (AvgIpc) is 2.62. The molecular formula is C19H21F3N2O4S. The number of aryl methyl sites for hydroxylation is 1. The normalized spacial score (nSPS) is 13.0. The van der Waals surface area contributed by atoms with E-state index in [1.807, 2.05) is 0 Å². The maximum absolute atomic E-state index is 12.8. The predicted octanol–water partition coefficient (Wildman–Crippen LogP) is 3.72. The highest BCUT2D eigenvalue weighted by atomic mass is 32.2. The van der Waals surface area contributed by atoms with Crippen molar-refractivity contribution in [2.75, 3.05) is 11.9 Å². The van der Waals surface area contributed by atoms with Gasteiger partial charge in [-0.2, -0.15) is 17.9 Å². The Bertz CT molecular complexity index is 991. The van der Waals surface area contributed by atoms with Crippen LogP contribution in [0.5, 0.6) is 5.75 Å². The number of hydrogen-bond donors (Lipinski definition) is 2. The number of nitrogens with one attached hydrogen (secondary N) is 2. The van der Waals surface area contributed by atoms with Crippen LogP contribution in [0.3, 0.4) is 0 Å². The van der Waals surface area contributed by atoms with Crippen LogP contribution in [0.4, 0.5) is 18.9 Å². The summed E-state index contributed by atoms with van der Waals surface area (Å²) in [5.41, 5.74) is -0.406. The molecule has 0 aliphatic heterocycles. The molecule has 0 heterocycles. The molecule has 0 radical (unpaired) electrons. The summed E-state index contributed by atoms with van der Waals surface area (Å²) >= 11 is 0. The fraction of sp³-hybridized carbons (Fsp3) is 0.316. The fourth-order valence-electron chi connectivity index (χ4n) is 2.48. The van der Waals surface area contributed by atoms with E-state index >= 15 is 0 Å². The maximum Gasteiger partial charge on any atom is 0.416 e. The van der Waals surface area contributed by atoms with Gasteiger partial charge >= 0.3 is 6.18 Å². The van der Waals surface area contributed by atoms with Crippen LogP contribution in [0.1, 0.15) is 25.0 Å². The van der Waals surface area contributed by atoms with Crippen LogP contribution in [0.25, 0.3) is 0 Å². The molecule has 2 aromatic carbocycles. The van der Waals surface area contributed by atoms with E-state index in [-0.39, 0.29) is 10.6 Å². The fourth-order valence-corrected chi connectivity index (χ4v) is 3.77. The molecule has 2 aromatic rings. The molecule has 0 aliphatic carbocycles. The van der Waals surface area contributed by atoms with Crippen LogP contribution >= 0.6 is 0 Å². The van der Waals surface area contributed by atoms with Gasteiger partial charge in [-0.15, -0.1) is 0 Å². The number of carbonyl (C=O) groups excluding carboxylic acids is 1. The number of carbonyl (C=O) groups is 1. The van der Waals surface area contributed by atoms with Gasteiger partial charge in [0.15, 0.2) is 0 Å². The molecule has 0 saturated heterocycles. The van der Waals surface area contributed by atoms with E-state index in [0.717, 1.165) is 18.2 Å². The highest BCUT2D eigenvalue weighted by Gasteiger charge is 2.30. The first-order chi connectivity index (χ1) is 13.4. The molecule has 158 valence electrons. The number of anilines is 1. The van der Waals surface area contributed by atoms with Gasteiger partial charge in [0.05, 0.1) is 23.1 Å². The average molecular weight is 430 g/mol. The number of rotatable bonds is 7. The molecule has 0 saturated carbocycles. The number of sulfonamides is 1.